The van der Waals surface area contributed by atoms with Gasteiger partial charge in [0.1, 0.15) is 11.5 Å². The molecule has 0 spiro atoms. The van der Waals surface area contributed by atoms with E-state index < -0.39 is 38.5 Å². The smallest absolute Gasteiger partial charge is 0.216 e. The van der Waals surface area contributed by atoms with Crippen LogP contribution in [0.2, 0.25) is 0 Å². The first-order valence-corrected chi connectivity index (χ1v) is 9.93. The maximum absolute atomic E-state index is 11.6. The molecular weight excluding hydrogens is 412 g/mol. The summed E-state index contributed by atoms with van der Waals surface area (Å²) in [6.45, 7) is -8.49. The Morgan fingerprint density at radius 2 is 1.42 bits per heavy atom. The average Bonchev–Trinajstić information content (AvgIpc) is 2.94. The molecule has 0 aromatic heterocycles. The zero-order valence-corrected chi connectivity index (χ0v) is 18.2. The number of rotatable bonds is 7. The molecule has 4 aromatic rings. The van der Waals surface area contributed by atoms with E-state index in [2.05, 4.69) is 0 Å². The van der Waals surface area contributed by atoms with Crippen molar-refractivity contribution in [3.63, 3.8) is 0 Å². The van der Waals surface area contributed by atoms with Gasteiger partial charge in [0.2, 0.25) is 5.91 Å². The minimum atomic E-state index is -3.08. The predicted octanol–water partition coefficient (Wildman–Crippen LogP) is 4.88. The highest BCUT2D eigenvalue weighted by molar-refractivity contribution is 5.88. The van der Waals surface area contributed by atoms with Gasteiger partial charge in [0.25, 0.3) is 0 Å². The Morgan fingerprint density at radius 3 is 1.91 bits per heavy atom. The fraction of sp³-hybridized carbons (Fsp3) is 0.250. The molecule has 0 heterocycles. The van der Waals surface area contributed by atoms with Crippen molar-refractivity contribution in [3.8, 4) is 11.5 Å². The van der Waals surface area contributed by atoms with Gasteiger partial charge >= 0.3 is 0 Å². The van der Waals surface area contributed by atoms with E-state index in [0.29, 0.717) is 27.7 Å². The van der Waals surface area contributed by atoms with Crippen LogP contribution in [0.5, 0.6) is 11.5 Å². The number of amides is 1. The average molecular weight is 456 g/mol. The lowest BCUT2D eigenvalue weighted by atomic mass is 10.0. The van der Waals surface area contributed by atoms with E-state index in [1.54, 1.807) is 66.0 Å². The van der Waals surface area contributed by atoms with Gasteiger partial charge in [-0.2, -0.15) is 0 Å². The van der Waals surface area contributed by atoms with Crippen LogP contribution in [0, 0.1) is 0 Å². The molecule has 4 rings (SSSR count). The molecule has 33 heavy (non-hydrogen) atoms. The Bertz CT molecular complexity index is 1650. The van der Waals surface area contributed by atoms with Crippen LogP contribution in [-0.2, 0) is 17.5 Å². The largest absolute Gasteiger partial charge is 0.497 e. The number of methoxy groups -OCH3 is 2. The monoisotopic (exact) mass is 455 g/mol. The van der Waals surface area contributed by atoms with Gasteiger partial charge in [-0.15, -0.1) is 0 Å². The quantitative estimate of drug-likeness (QED) is 0.417. The van der Waals surface area contributed by atoms with Crippen LogP contribution in [0.1, 0.15) is 33.1 Å². The minimum absolute atomic E-state index is 0.0280. The van der Waals surface area contributed by atoms with Gasteiger partial charge in [-0.1, -0.05) is 48.5 Å². The predicted molar refractivity (Wildman–Crippen MR) is 136 cm³/mol. The maximum Gasteiger partial charge on any atom is 0.216 e. The first kappa shape index (κ1) is 13.2. The summed E-state index contributed by atoms with van der Waals surface area (Å²) >= 11 is 0. The number of benzene rings is 4. The highest BCUT2D eigenvalue weighted by Gasteiger charge is 2.03. The molecule has 0 unspecified atom stereocenters. The molecule has 0 radical (unpaired) electrons. The van der Waals surface area contributed by atoms with Gasteiger partial charge in [0, 0.05) is 28.4 Å². The van der Waals surface area contributed by atoms with E-state index in [1.165, 1.54) is 20.3 Å². The standard InChI is InChI=1S/C15H17NO2.C13H15NO/c1-11(17)16-9-8-13-5-3-4-12-6-7-14(18-2)10-15(12)13;1-15-12-6-5-10-3-2-4-11(7-8-14)13(10)9-12/h3-7,10H,8-9H2,1-2H3,(H,16,17);2-6,9H,7-8,14H2,1H3/i1D3,8D2,9D2;7D2,8D2. The lowest BCUT2D eigenvalue weighted by molar-refractivity contribution is -0.118. The van der Waals surface area contributed by atoms with Crippen molar-refractivity contribution in [2.75, 3.05) is 27.2 Å². The summed E-state index contributed by atoms with van der Waals surface area (Å²) in [5.41, 5.74) is 5.52. The van der Waals surface area contributed by atoms with Crippen molar-refractivity contribution in [1.29, 1.82) is 0 Å². The number of hydrogen-bond donors (Lipinski definition) is 2. The molecule has 0 aliphatic heterocycles. The van der Waals surface area contributed by atoms with Crippen LogP contribution >= 0.6 is 0 Å². The van der Waals surface area contributed by atoms with Crippen molar-refractivity contribution in [2.24, 2.45) is 5.73 Å². The number of nitrogens with two attached hydrogens (primary N) is 1. The minimum Gasteiger partial charge on any atom is -0.497 e. The molecule has 5 nitrogen and oxygen atoms in total. The molecule has 0 fully saturated rings. The third kappa shape index (κ3) is 6.46. The summed E-state index contributed by atoms with van der Waals surface area (Å²) < 4.78 is 94.5. The summed E-state index contributed by atoms with van der Waals surface area (Å²) in [6, 6.07) is 20.0. The van der Waals surface area contributed by atoms with Crippen LogP contribution in [-0.4, -0.2) is 33.1 Å². The van der Waals surface area contributed by atoms with E-state index in [-0.39, 0.29) is 11.1 Å². The zero-order chi connectivity index (χ0) is 33.3. The number of ether oxygens (including phenoxy) is 2. The Kier molecular flexibility index (Phi) is 4.76. The third-order valence-electron chi connectivity index (χ3n) is 4.76. The van der Waals surface area contributed by atoms with Crippen molar-refractivity contribution in [3.05, 3.63) is 83.9 Å². The Hall–Kier alpha value is -3.57. The molecule has 0 saturated heterocycles. The van der Waals surface area contributed by atoms with Crippen LogP contribution < -0.4 is 20.5 Å². The molecule has 0 saturated carbocycles. The molecule has 0 bridgehead atoms. The van der Waals surface area contributed by atoms with Crippen LogP contribution in [0.15, 0.2) is 72.8 Å². The third-order valence-corrected chi connectivity index (χ3v) is 4.76. The van der Waals surface area contributed by atoms with Gasteiger partial charge in [0.15, 0.2) is 0 Å². The number of carbonyl (C=O) groups excluding carboxylic acids is 1. The van der Waals surface area contributed by atoms with E-state index in [1.807, 2.05) is 6.07 Å². The summed E-state index contributed by atoms with van der Waals surface area (Å²) in [7, 11) is 2.98. The molecule has 4 aromatic carbocycles. The Labute approximate surface area is 211 Å². The van der Waals surface area contributed by atoms with Crippen LogP contribution in [0.25, 0.3) is 21.5 Å². The molecule has 3 N–H and O–H groups in total. The molecule has 5 heteroatoms. The number of aryl methyl sites for hydroxylation is 2. The van der Waals surface area contributed by atoms with Gasteiger partial charge in [0.05, 0.1) is 14.2 Å². The lowest BCUT2D eigenvalue weighted by Gasteiger charge is -2.08. The fourth-order valence-corrected chi connectivity index (χ4v) is 3.21. The second kappa shape index (κ2) is 11.9. The van der Waals surface area contributed by atoms with E-state index in [4.69, 9.17) is 30.3 Å². The highest BCUT2D eigenvalue weighted by atomic mass is 16.5. The zero-order valence-electron chi connectivity index (χ0n) is 29.2. The molecular formula is C28H32N2O3. The normalized spacial score (nSPS) is 17.5. The van der Waals surface area contributed by atoms with Crippen molar-refractivity contribution in [2.45, 2.75) is 19.6 Å². The second-order valence-electron chi connectivity index (χ2n) is 6.76. The van der Waals surface area contributed by atoms with E-state index >= 15 is 0 Å². The first-order valence-electron chi connectivity index (χ1n) is 15.4. The Morgan fingerprint density at radius 1 is 0.879 bits per heavy atom. The van der Waals surface area contributed by atoms with Crippen LogP contribution in [0.4, 0.5) is 0 Å². The molecule has 172 valence electrons. The second-order valence-corrected chi connectivity index (χ2v) is 6.76. The van der Waals surface area contributed by atoms with Gasteiger partial charge in [-0.25, -0.2) is 0 Å². The molecule has 0 aliphatic rings. The van der Waals surface area contributed by atoms with Gasteiger partial charge in [-0.3, -0.25) is 4.79 Å². The Balaban J connectivity index is 0.000000249. The first-order chi connectivity index (χ1) is 20.2. The van der Waals surface area contributed by atoms with Crippen molar-refractivity contribution >= 4 is 27.5 Å². The fourth-order valence-electron chi connectivity index (χ4n) is 3.21. The summed E-state index contributed by atoms with van der Waals surface area (Å²) in [4.78, 5) is 11.6. The molecule has 0 atom stereocenters. The maximum atomic E-state index is 11.6. The van der Waals surface area contributed by atoms with E-state index in [0.717, 1.165) is 5.39 Å². The number of hydrogen-bond acceptors (Lipinski definition) is 4. The molecule has 1 amide bonds. The number of nitrogens with one attached hydrogen (secondary N) is 1. The summed E-state index contributed by atoms with van der Waals surface area (Å²) in [5.74, 6) is -0.504. The highest BCUT2D eigenvalue weighted by Crippen LogP contribution is 2.25. The van der Waals surface area contributed by atoms with Crippen LogP contribution in [0.3, 0.4) is 0 Å². The van der Waals surface area contributed by atoms with Crippen molar-refractivity contribution in [1.82, 2.24) is 5.32 Å². The van der Waals surface area contributed by atoms with Crippen molar-refractivity contribution < 1.29 is 29.3 Å². The SMILES string of the molecule is [2H]C([2H])(N)C([2H])([2H])c1cccc2ccc(OC)cc12.[2H]C([2H])([2H])C(=O)NC([2H])([2H])C([2H])([2H])c1cccc2ccc(OC)cc12. The summed E-state index contributed by atoms with van der Waals surface area (Å²) in [5, 5.41) is 4.12. The summed E-state index contributed by atoms with van der Waals surface area (Å²) in [6.07, 6.45) is -4.99. The van der Waals surface area contributed by atoms with Gasteiger partial charge in [-0.05, 0) is 76.2 Å². The van der Waals surface area contributed by atoms with Gasteiger partial charge < -0.3 is 20.5 Å². The van der Waals surface area contributed by atoms with E-state index in [9.17, 15) is 4.79 Å². The lowest BCUT2D eigenvalue weighted by Crippen LogP contribution is -2.22. The number of fused-ring (bicyclic) bond motifs is 2. The molecule has 0 aliphatic carbocycles. The topological polar surface area (TPSA) is 73.6 Å². The number of carbonyl (C=O) groups is 1.